The Morgan fingerprint density at radius 3 is 2.25 bits per heavy atom. The third-order valence-electron chi connectivity index (χ3n) is 4.23. The maximum Gasteiger partial charge on any atom is 0.315 e. The molecule has 1 fully saturated rings. The lowest BCUT2D eigenvalue weighted by atomic mass is 9.82. The van der Waals surface area contributed by atoms with E-state index in [1.54, 1.807) is 6.20 Å². The molecule has 1 N–H and O–H groups in total. The van der Waals surface area contributed by atoms with Crippen LogP contribution < -0.4 is 0 Å². The zero-order valence-electron chi connectivity index (χ0n) is 11.2. The number of carboxylic acid groups (broad SMARTS) is 1. The van der Waals surface area contributed by atoms with Gasteiger partial charge in [-0.2, -0.15) is 0 Å². The molecule has 1 aliphatic rings. The fourth-order valence-corrected chi connectivity index (χ4v) is 3.04. The van der Waals surface area contributed by atoms with Gasteiger partial charge in [-0.15, -0.1) is 0 Å². The fraction of sp³-hybridized carbons (Fsp3) is 0.294. The highest BCUT2D eigenvalue weighted by Crippen LogP contribution is 2.40. The zero-order chi connectivity index (χ0) is 14.0. The lowest BCUT2D eigenvalue weighted by molar-refractivity contribution is -0.143. The van der Waals surface area contributed by atoms with Gasteiger partial charge in [-0.25, -0.2) is 0 Å². The van der Waals surface area contributed by atoms with Crippen LogP contribution in [-0.4, -0.2) is 16.1 Å². The van der Waals surface area contributed by atoms with Crippen LogP contribution in [0.15, 0.2) is 48.7 Å². The molecule has 1 aromatic carbocycles. The van der Waals surface area contributed by atoms with E-state index in [-0.39, 0.29) is 0 Å². The lowest BCUT2D eigenvalue weighted by Gasteiger charge is -2.23. The Morgan fingerprint density at radius 2 is 1.70 bits per heavy atom. The Kier molecular flexibility index (Phi) is 3.26. The van der Waals surface area contributed by atoms with Crippen LogP contribution in [0.2, 0.25) is 0 Å². The molecule has 3 heteroatoms. The van der Waals surface area contributed by atoms with Crippen molar-refractivity contribution in [2.24, 2.45) is 0 Å². The number of pyridine rings is 1. The highest BCUT2D eigenvalue weighted by molar-refractivity contribution is 5.81. The molecule has 2 aromatic rings. The highest BCUT2D eigenvalue weighted by Gasteiger charge is 2.44. The largest absolute Gasteiger partial charge is 0.481 e. The maximum atomic E-state index is 11.6. The molecule has 0 radical (unpaired) electrons. The van der Waals surface area contributed by atoms with Crippen molar-refractivity contribution >= 4 is 5.97 Å². The van der Waals surface area contributed by atoms with Gasteiger partial charge in [0, 0.05) is 11.8 Å². The molecule has 0 atom stereocenters. The molecule has 0 aliphatic heterocycles. The summed E-state index contributed by atoms with van der Waals surface area (Å²) in [6, 6.07) is 13.8. The fourth-order valence-electron chi connectivity index (χ4n) is 3.04. The Balaban J connectivity index is 1.95. The van der Waals surface area contributed by atoms with Crippen molar-refractivity contribution in [3.05, 3.63) is 54.4 Å². The summed E-state index contributed by atoms with van der Waals surface area (Å²) in [7, 11) is 0. The third-order valence-corrected chi connectivity index (χ3v) is 4.23. The quantitative estimate of drug-likeness (QED) is 0.923. The van der Waals surface area contributed by atoms with Crippen molar-refractivity contribution in [1.82, 2.24) is 4.98 Å². The molecular formula is C17H17NO2. The number of carboxylic acids is 1. The van der Waals surface area contributed by atoms with Crippen LogP contribution in [-0.2, 0) is 10.2 Å². The first-order valence-electron chi connectivity index (χ1n) is 6.98. The first-order valence-corrected chi connectivity index (χ1v) is 6.98. The molecule has 1 saturated carbocycles. The van der Waals surface area contributed by atoms with E-state index in [1.165, 1.54) is 0 Å². The van der Waals surface area contributed by atoms with Gasteiger partial charge in [0.05, 0.1) is 5.69 Å². The van der Waals surface area contributed by atoms with Gasteiger partial charge in [-0.3, -0.25) is 9.78 Å². The Morgan fingerprint density at radius 1 is 1.00 bits per heavy atom. The molecular weight excluding hydrogens is 250 g/mol. The van der Waals surface area contributed by atoms with Crippen LogP contribution in [0.1, 0.15) is 31.4 Å². The van der Waals surface area contributed by atoms with Gasteiger partial charge in [0.2, 0.25) is 0 Å². The van der Waals surface area contributed by atoms with E-state index in [0.717, 1.165) is 24.0 Å². The summed E-state index contributed by atoms with van der Waals surface area (Å²) in [5.74, 6) is -0.741. The van der Waals surface area contributed by atoms with Gasteiger partial charge >= 0.3 is 5.97 Å². The van der Waals surface area contributed by atoms with Gasteiger partial charge in [0.1, 0.15) is 5.41 Å². The number of hydrogen-bond acceptors (Lipinski definition) is 2. The van der Waals surface area contributed by atoms with Crippen molar-refractivity contribution in [3.8, 4) is 11.1 Å². The minimum absolute atomic E-state index is 0.694. The van der Waals surface area contributed by atoms with Crippen molar-refractivity contribution in [2.45, 2.75) is 31.1 Å². The molecule has 1 aliphatic carbocycles. The summed E-state index contributed by atoms with van der Waals surface area (Å²) >= 11 is 0. The van der Waals surface area contributed by atoms with E-state index in [2.05, 4.69) is 4.98 Å². The second-order valence-electron chi connectivity index (χ2n) is 5.39. The normalized spacial score (nSPS) is 17.0. The van der Waals surface area contributed by atoms with E-state index < -0.39 is 11.4 Å². The smallest absolute Gasteiger partial charge is 0.315 e. The van der Waals surface area contributed by atoms with E-state index in [9.17, 15) is 9.90 Å². The molecule has 0 unspecified atom stereocenters. The van der Waals surface area contributed by atoms with Gasteiger partial charge in [-0.1, -0.05) is 49.2 Å². The monoisotopic (exact) mass is 267 g/mol. The van der Waals surface area contributed by atoms with Gasteiger partial charge < -0.3 is 5.11 Å². The summed E-state index contributed by atoms with van der Waals surface area (Å²) in [5, 5.41) is 9.56. The Labute approximate surface area is 118 Å². The molecule has 3 rings (SSSR count). The Hall–Kier alpha value is -2.16. The van der Waals surface area contributed by atoms with E-state index in [0.29, 0.717) is 18.5 Å². The first-order chi connectivity index (χ1) is 9.72. The van der Waals surface area contributed by atoms with Crippen LogP contribution in [0.3, 0.4) is 0 Å². The van der Waals surface area contributed by atoms with Gasteiger partial charge in [-0.05, 0) is 24.5 Å². The minimum atomic E-state index is -0.769. The van der Waals surface area contributed by atoms with Crippen molar-refractivity contribution in [3.63, 3.8) is 0 Å². The SMILES string of the molecule is O=C(O)C1(c2ccc(-c3ccccc3)cn2)CCCC1. The number of aliphatic carboxylic acids is 1. The second-order valence-corrected chi connectivity index (χ2v) is 5.39. The number of hydrogen-bond donors (Lipinski definition) is 1. The van der Waals surface area contributed by atoms with Crippen LogP contribution in [0.4, 0.5) is 0 Å². The number of carbonyl (C=O) groups is 1. The molecule has 1 aromatic heterocycles. The minimum Gasteiger partial charge on any atom is -0.481 e. The molecule has 1 heterocycles. The molecule has 102 valence electrons. The summed E-state index contributed by atoms with van der Waals surface area (Å²) < 4.78 is 0. The first kappa shape index (κ1) is 12.9. The predicted molar refractivity (Wildman–Crippen MR) is 77.5 cm³/mol. The predicted octanol–water partition coefficient (Wildman–Crippen LogP) is 3.65. The van der Waals surface area contributed by atoms with Gasteiger partial charge in [0.25, 0.3) is 0 Å². The third kappa shape index (κ3) is 2.09. The molecule has 0 saturated heterocycles. The average molecular weight is 267 g/mol. The summed E-state index contributed by atoms with van der Waals surface area (Å²) in [5.41, 5.74) is 2.05. The van der Waals surface area contributed by atoms with Crippen LogP contribution in [0.5, 0.6) is 0 Å². The van der Waals surface area contributed by atoms with Gasteiger partial charge in [0.15, 0.2) is 0 Å². The molecule has 0 amide bonds. The molecule has 3 nitrogen and oxygen atoms in total. The van der Waals surface area contributed by atoms with Crippen molar-refractivity contribution < 1.29 is 9.90 Å². The summed E-state index contributed by atoms with van der Waals surface area (Å²) in [6.45, 7) is 0. The van der Waals surface area contributed by atoms with Crippen LogP contribution >= 0.6 is 0 Å². The van der Waals surface area contributed by atoms with Crippen LogP contribution in [0.25, 0.3) is 11.1 Å². The lowest BCUT2D eigenvalue weighted by Crippen LogP contribution is -2.33. The Bertz CT molecular complexity index is 599. The van der Waals surface area contributed by atoms with Crippen LogP contribution in [0, 0.1) is 0 Å². The summed E-state index contributed by atoms with van der Waals surface area (Å²) in [4.78, 5) is 16.1. The zero-order valence-corrected chi connectivity index (χ0v) is 11.2. The van der Waals surface area contributed by atoms with Crippen molar-refractivity contribution in [2.75, 3.05) is 0 Å². The molecule has 0 spiro atoms. The number of rotatable bonds is 3. The van der Waals surface area contributed by atoms with E-state index >= 15 is 0 Å². The topological polar surface area (TPSA) is 50.2 Å². The molecule has 0 bridgehead atoms. The molecule has 20 heavy (non-hydrogen) atoms. The highest BCUT2D eigenvalue weighted by atomic mass is 16.4. The number of benzene rings is 1. The summed E-state index contributed by atoms with van der Waals surface area (Å²) in [6.07, 6.45) is 5.11. The van der Waals surface area contributed by atoms with E-state index in [4.69, 9.17) is 0 Å². The standard InChI is InChI=1S/C17H17NO2/c19-16(20)17(10-4-5-11-17)15-9-8-14(12-18-15)13-6-2-1-3-7-13/h1-3,6-9,12H,4-5,10-11H2,(H,19,20). The second kappa shape index (κ2) is 5.08. The number of aromatic nitrogens is 1. The van der Waals surface area contributed by atoms with Crippen molar-refractivity contribution in [1.29, 1.82) is 0 Å². The van der Waals surface area contributed by atoms with E-state index in [1.807, 2.05) is 42.5 Å². The maximum absolute atomic E-state index is 11.6. The average Bonchev–Trinajstić information content (AvgIpc) is 2.99. The number of nitrogens with zero attached hydrogens (tertiary/aromatic N) is 1.